The van der Waals surface area contributed by atoms with Crippen LogP contribution in [0.4, 0.5) is 0 Å². The minimum Gasteiger partial charge on any atom is -0.459 e. The van der Waals surface area contributed by atoms with E-state index >= 15 is 0 Å². The zero-order chi connectivity index (χ0) is 15.1. The van der Waals surface area contributed by atoms with Crippen LogP contribution in [0.3, 0.4) is 0 Å². The maximum Gasteiger partial charge on any atom is 0.289 e. The number of piperidine rings is 1. The molecule has 0 spiro atoms. The van der Waals surface area contributed by atoms with Crippen molar-refractivity contribution < 1.29 is 18.4 Å². The largest absolute Gasteiger partial charge is 0.459 e. The molecule has 4 heterocycles. The van der Waals surface area contributed by atoms with Crippen LogP contribution >= 0.6 is 0 Å². The quantitative estimate of drug-likeness (QED) is 0.841. The maximum atomic E-state index is 12.7. The van der Waals surface area contributed by atoms with Gasteiger partial charge in [-0.2, -0.15) is 0 Å². The zero-order valence-electron chi connectivity index (χ0n) is 12.3. The average Bonchev–Trinajstić information content (AvgIpc) is 3.26. The van der Waals surface area contributed by atoms with Gasteiger partial charge in [0, 0.05) is 20.1 Å². The number of ether oxygens (including phenoxy) is 1. The Balaban J connectivity index is 1.62. The van der Waals surface area contributed by atoms with Gasteiger partial charge in [0.1, 0.15) is 0 Å². The van der Waals surface area contributed by atoms with Crippen LogP contribution in [0, 0.1) is 6.92 Å². The summed E-state index contributed by atoms with van der Waals surface area (Å²) in [5, 5.41) is 7.99. The lowest BCUT2D eigenvalue weighted by atomic mass is 9.89. The van der Waals surface area contributed by atoms with Gasteiger partial charge in [0.05, 0.1) is 24.3 Å². The third-order valence-electron chi connectivity index (χ3n) is 4.39. The summed E-state index contributed by atoms with van der Waals surface area (Å²) in [5.74, 6) is 1.36. The second-order valence-electron chi connectivity index (χ2n) is 5.79. The molecule has 2 fully saturated rings. The molecule has 2 saturated heterocycles. The molecular formula is C15H17N3O4. The number of rotatable bonds is 2. The fraction of sp³-hybridized carbons (Fsp3) is 0.533. The Bertz CT molecular complexity index is 666. The normalized spacial score (nSPS) is 27.9. The molecule has 0 N–H and O–H groups in total. The van der Waals surface area contributed by atoms with Gasteiger partial charge in [-0.15, -0.1) is 10.2 Å². The lowest BCUT2D eigenvalue weighted by Crippen LogP contribution is -2.51. The molecule has 22 heavy (non-hydrogen) atoms. The highest BCUT2D eigenvalue weighted by atomic mass is 16.5. The molecule has 2 aliphatic rings. The number of aromatic nitrogens is 2. The fourth-order valence-electron chi connectivity index (χ4n) is 3.38. The van der Waals surface area contributed by atoms with Crippen molar-refractivity contribution in [2.24, 2.45) is 0 Å². The number of carbonyl (C=O) groups excluding carboxylic acids is 1. The molecule has 0 saturated carbocycles. The van der Waals surface area contributed by atoms with Crippen molar-refractivity contribution in [2.75, 3.05) is 13.2 Å². The number of nitrogens with zero attached hydrogens (tertiary/aromatic N) is 3. The summed E-state index contributed by atoms with van der Waals surface area (Å²) in [6.07, 6.45) is 3.18. The van der Waals surface area contributed by atoms with Crippen molar-refractivity contribution in [3.05, 3.63) is 35.9 Å². The zero-order valence-corrected chi connectivity index (χ0v) is 12.3. The van der Waals surface area contributed by atoms with E-state index in [-0.39, 0.29) is 24.0 Å². The van der Waals surface area contributed by atoms with Crippen molar-refractivity contribution in [1.82, 2.24) is 15.1 Å². The maximum absolute atomic E-state index is 12.7. The second kappa shape index (κ2) is 5.24. The number of carbonyl (C=O) groups is 1. The van der Waals surface area contributed by atoms with Crippen LogP contribution in [0.1, 0.15) is 41.1 Å². The summed E-state index contributed by atoms with van der Waals surface area (Å²) in [6.45, 7) is 2.98. The Hall–Kier alpha value is -2.15. The van der Waals surface area contributed by atoms with E-state index in [0.717, 1.165) is 12.8 Å². The van der Waals surface area contributed by atoms with Gasteiger partial charge in [-0.1, -0.05) is 0 Å². The molecule has 0 radical (unpaired) electrons. The van der Waals surface area contributed by atoms with Crippen LogP contribution in [-0.4, -0.2) is 46.3 Å². The number of likely N-dealkylation sites (tertiary alicyclic amines) is 1. The smallest absolute Gasteiger partial charge is 0.289 e. The van der Waals surface area contributed by atoms with E-state index < -0.39 is 0 Å². The highest BCUT2D eigenvalue weighted by molar-refractivity contribution is 5.91. The van der Waals surface area contributed by atoms with Crippen LogP contribution in [0.5, 0.6) is 0 Å². The van der Waals surface area contributed by atoms with Gasteiger partial charge < -0.3 is 18.5 Å². The van der Waals surface area contributed by atoms with Crippen molar-refractivity contribution in [1.29, 1.82) is 0 Å². The first-order valence-corrected chi connectivity index (χ1v) is 7.48. The molecule has 7 heteroatoms. The van der Waals surface area contributed by atoms with E-state index in [0.29, 0.717) is 30.7 Å². The van der Waals surface area contributed by atoms with E-state index in [1.54, 1.807) is 19.1 Å². The van der Waals surface area contributed by atoms with Crippen LogP contribution < -0.4 is 0 Å². The molecule has 1 amide bonds. The Morgan fingerprint density at radius 1 is 1.41 bits per heavy atom. The second-order valence-corrected chi connectivity index (χ2v) is 5.79. The van der Waals surface area contributed by atoms with Gasteiger partial charge in [0.25, 0.3) is 5.91 Å². The molecule has 116 valence electrons. The average molecular weight is 303 g/mol. The predicted octanol–water partition coefficient (Wildman–Crippen LogP) is 1.76. The van der Waals surface area contributed by atoms with Crippen molar-refractivity contribution in [3.8, 4) is 0 Å². The molecule has 0 aromatic carbocycles. The summed E-state index contributed by atoms with van der Waals surface area (Å²) >= 11 is 0. The van der Waals surface area contributed by atoms with E-state index in [9.17, 15) is 4.79 Å². The van der Waals surface area contributed by atoms with E-state index in [1.807, 2.05) is 4.90 Å². The van der Waals surface area contributed by atoms with Crippen LogP contribution in [0.15, 0.2) is 27.2 Å². The number of hydrogen-bond donors (Lipinski definition) is 0. The van der Waals surface area contributed by atoms with Gasteiger partial charge in [0.2, 0.25) is 11.8 Å². The number of hydrogen-bond acceptors (Lipinski definition) is 6. The van der Waals surface area contributed by atoms with Crippen LogP contribution in [0.2, 0.25) is 0 Å². The van der Waals surface area contributed by atoms with Gasteiger partial charge >= 0.3 is 0 Å². The monoisotopic (exact) mass is 303 g/mol. The van der Waals surface area contributed by atoms with Gasteiger partial charge in [-0.05, 0) is 25.0 Å². The first-order chi connectivity index (χ1) is 10.7. The van der Waals surface area contributed by atoms with E-state index in [1.165, 1.54) is 6.26 Å². The van der Waals surface area contributed by atoms with Crippen molar-refractivity contribution in [3.63, 3.8) is 0 Å². The lowest BCUT2D eigenvalue weighted by Gasteiger charge is -2.39. The van der Waals surface area contributed by atoms with E-state index in [2.05, 4.69) is 10.2 Å². The first kappa shape index (κ1) is 13.5. The van der Waals surface area contributed by atoms with Crippen molar-refractivity contribution >= 4 is 5.91 Å². The van der Waals surface area contributed by atoms with Gasteiger partial charge in [-0.3, -0.25) is 4.79 Å². The number of amides is 1. The summed E-state index contributed by atoms with van der Waals surface area (Å²) in [5.41, 5.74) is 0. The summed E-state index contributed by atoms with van der Waals surface area (Å²) in [6, 6.07) is 3.50. The minimum absolute atomic E-state index is 0.000498. The number of fused-ring (bicyclic) bond motifs is 1. The van der Waals surface area contributed by atoms with Crippen LogP contribution in [-0.2, 0) is 4.74 Å². The molecule has 3 atom stereocenters. The number of aryl methyl sites for hydroxylation is 1. The summed E-state index contributed by atoms with van der Waals surface area (Å²) in [4.78, 5) is 14.5. The molecule has 0 unspecified atom stereocenters. The highest BCUT2D eigenvalue weighted by Gasteiger charge is 2.44. The predicted molar refractivity (Wildman–Crippen MR) is 74.3 cm³/mol. The van der Waals surface area contributed by atoms with Crippen molar-refractivity contribution in [2.45, 2.75) is 37.8 Å². The molecule has 2 aliphatic heterocycles. The molecular weight excluding hydrogens is 286 g/mol. The Morgan fingerprint density at radius 2 is 2.32 bits per heavy atom. The van der Waals surface area contributed by atoms with Gasteiger partial charge in [0.15, 0.2) is 5.76 Å². The highest BCUT2D eigenvalue weighted by Crippen LogP contribution is 2.36. The van der Waals surface area contributed by atoms with Crippen LogP contribution in [0.25, 0.3) is 0 Å². The topological polar surface area (TPSA) is 81.6 Å². The Kier molecular flexibility index (Phi) is 3.22. The third-order valence-corrected chi connectivity index (χ3v) is 4.39. The third kappa shape index (κ3) is 2.21. The number of furan rings is 1. The van der Waals surface area contributed by atoms with Gasteiger partial charge in [-0.25, -0.2) is 0 Å². The Labute approximate surface area is 127 Å². The fourth-order valence-corrected chi connectivity index (χ4v) is 3.38. The Morgan fingerprint density at radius 3 is 3.05 bits per heavy atom. The minimum atomic E-state index is -0.105. The molecule has 4 rings (SSSR count). The SMILES string of the molecule is Cc1nnc([C@@H]2C[C@@H]3OCC[C@@H]3N(C(=O)c3ccco3)C2)o1. The lowest BCUT2D eigenvalue weighted by molar-refractivity contribution is 0.0114. The molecule has 2 aromatic heterocycles. The van der Waals surface area contributed by atoms with E-state index in [4.69, 9.17) is 13.6 Å². The molecule has 7 nitrogen and oxygen atoms in total. The first-order valence-electron chi connectivity index (χ1n) is 7.48. The molecule has 0 bridgehead atoms. The standard InChI is InChI=1S/C15H17N3O4/c1-9-16-17-14(22-9)10-7-13-11(4-6-21-13)18(8-10)15(19)12-3-2-5-20-12/h2-3,5,10-11,13H,4,6-8H2,1H3/t10-,11+,13+/m1/s1. The summed E-state index contributed by atoms with van der Waals surface area (Å²) in [7, 11) is 0. The summed E-state index contributed by atoms with van der Waals surface area (Å²) < 4.78 is 16.6. The molecule has 0 aliphatic carbocycles. The molecule has 2 aromatic rings.